The van der Waals surface area contributed by atoms with E-state index in [0.717, 1.165) is 30.4 Å². The molecule has 5 aliphatic carbocycles. The van der Waals surface area contributed by atoms with Gasteiger partial charge in [0.1, 0.15) is 11.9 Å². The molecule has 0 aromatic heterocycles. The number of phenolic OH excluding ortho intramolecular Hbond substituents is 1. The third kappa shape index (κ3) is 4.48. The minimum atomic E-state index is -1.38. The molecule has 1 aromatic rings. The van der Waals surface area contributed by atoms with Crippen molar-refractivity contribution < 1.29 is 39.9 Å². The molecule has 2 heterocycles. The van der Waals surface area contributed by atoms with E-state index in [2.05, 4.69) is 27.7 Å². The Morgan fingerprint density at radius 1 is 1.06 bits per heavy atom. The van der Waals surface area contributed by atoms with Crippen LogP contribution in [-0.4, -0.2) is 79.4 Å². The van der Waals surface area contributed by atoms with Gasteiger partial charge in [0.25, 0.3) is 0 Å². The van der Waals surface area contributed by atoms with Gasteiger partial charge in [-0.3, -0.25) is 9.59 Å². The van der Waals surface area contributed by atoms with Crippen molar-refractivity contribution in [1.82, 2.24) is 0 Å². The van der Waals surface area contributed by atoms with Crippen molar-refractivity contribution in [3.05, 3.63) is 35.4 Å². The van der Waals surface area contributed by atoms with Gasteiger partial charge in [-0.15, -0.1) is 0 Å². The molecule has 8 rings (SSSR count). The van der Waals surface area contributed by atoms with Crippen LogP contribution in [0.25, 0.3) is 0 Å². The largest absolute Gasteiger partial charge is 0.508 e. The van der Waals surface area contributed by atoms with Crippen LogP contribution in [0.3, 0.4) is 0 Å². The van der Waals surface area contributed by atoms with Crippen molar-refractivity contribution in [3.63, 3.8) is 0 Å². The molecule has 0 unspecified atom stereocenters. The summed E-state index contributed by atoms with van der Waals surface area (Å²) in [6.07, 6.45) is 5.76. The first-order valence-electron chi connectivity index (χ1n) is 19.4. The quantitative estimate of drug-likeness (QED) is 0.243. The second-order valence-corrected chi connectivity index (χ2v) is 18.3. The Bertz CT molecular complexity index is 1620. The highest BCUT2D eigenvalue weighted by atomic mass is 16.6. The molecule has 0 radical (unpaired) electrons. The number of aliphatic hydroxyl groups is 4. The molecule has 1 aromatic carbocycles. The number of epoxide rings is 1. The minimum Gasteiger partial charge on any atom is -0.508 e. The number of fused-ring (bicyclic) bond motifs is 2. The molecule has 4 saturated carbocycles. The van der Waals surface area contributed by atoms with Crippen LogP contribution in [0.5, 0.6) is 5.75 Å². The van der Waals surface area contributed by atoms with Gasteiger partial charge in [-0.1, -0.05) is 27.7 Å². The molecule has 9 heteroatoms. The van der Waals surface area contributed by atoms with E-state index in [1.807, 2.05) is 13.0 Å². The molecule has 7 aliphatic rings. The summed E-state index contributed by atoms with van der Waals surface area (Å²) in [7, 11) is 0. The Kier molecular flexibility index (Phi) is 7.89. The maximum Gasteiger partial charge on any atom is 0.227 e. The first-order valence-corrected chi connectivity index (χ1v) is 19.4. The highest BCUT2D eigenvalue weighted by Crippen LogP contribution is 2.79. The molecule has 5 N–H and O–H groups in total. The Hall–Kier alpha value is -2.30. The third-order valence-electron chi connectivity index (χ3n) is 16.1. The lowest BCUT2D eigenvalue weighted by Crippen LogP contribution is -2.67. The summed E-state index contributed by atoms with van der Waals surface area (Å²) < 4.78 is 6.29. The van der Waals surface area contributed by atoms with Gasteiger partial charge in [-0.05, 0) is 130 Å². The van der Waals surface area contributed by atoms with Crippen LogP contribution in [0, 0.1) is 45.8 Å². The maximum atomic E-state index is 14.2. The van der Waals surface area contributed by atoms with E-state index in [-0.39, 0.29) is 53.8 Å². The van der Waals surface area contributed by atoms with E-state index in [1.165, 1.54) is 0 Å². The van der Waals surface area contributed by atoms with Gasteiger partial charge in [-0.25, -0.2) is 0 Å². The zero-order valence-electron chi connectivity index (χ0n) is 30.4. The number of hydrogen-bond acceptors (Lipinski definition) is 8. The first-order chi connectivity index (χ1) is 23.5. The number of benzene rings is 1. The van der Waals surface area contributed by atoms with E-state index < -0.39 is 45.6 Å². The second kappa shape index (κ2) is 11.3. The highest BCUT2D eigenvalue weighted by molar-refractivity contribution is 5.96. The van der Waals surface area contributed by atoms with Crippen LogP contribution in [0.15, 0.2) is 29.8 Å². The minimum absolute atomic E-state index is 0.0459. The normalized spacial score (nSPS) is 45.2. The summed E-state index contributed by atoms with van der Waals surface area (Å²) in [5.74, 6) is -0.253. The van der Waals surface area contributed by atoms with Crippen molar-refractivity contribution in [3.8, 4) is 5.75 Å². The second-order valence-electron chi connectivity index (χ2n) is 18.3. The zero-order chi connectivity index (χ0) is 35.8. The number of amides is 1. The Balaban J connectivity index is 1.21. The van der Waals surface area contributed by atoms with Crippen LogP contribution in [0.2, 0.25) is 0 Å². The summed E-state index contributed by atoms with van der Waals surface area (Å²) in [6, 6.07) is 5.35. The Morgan fingerprint density at radius 2 is 1.82 bits per heavy atom. The van der Waals surface area contributed by atoms with Gasteiger partial charge >= 0.3 is 0 Å². The maximum absolute atomic E-state index is 14.2. The van der Waals surface area contributed by atoms with Gasteiger partial charge in [0.2, 0.25) is 5.91 Å². The van der Waals surface area contributed by atoms with Crippen molar-refractivity contribution in [1.29, 1.82) is 0 Å². The van der Waals surface area contributed by atoms with E-state index in [9.17, 15) is 35.1 Å². The van der Waals surface area contributed by atoms with Gasteiger partial charge in [0, 0.05) is 41.5 Å². The molecular weight excluding hydrogens is 634 g/mol. The number of nitrogens with zero attached hydrogens (tertiary/aromatic N) is 1. The molecular formula is C41H57NO8. The van der Waals surface area contributed by atoms with Crippen molar-refractivity contribution in [2.24, 2.45) is 45.8 Å². The lowest BCUT2D eigenvalue weighted by Gasteiger charge is -2.66. The number of carbonyl (C=O) groups excluding carboxylic acids is 2. The summed E-state index contributed by atoms with van der Waals surface area (Å²) >= 11 is 0. The molecule has 1 amide bonds. The lowest BCUT2D eigenvalue weighted by molar-refractivity contribution is -0.193. The summed E-state index contributed by atoms with van der Waals surface area (Å²) in [6.45, 7) is 11.2. The summed E-state index contributed by atoms with van der Waals surface area (Å²) in [5, 5.41) is 59.1. The Morgan fingerprint density at radius 3 is 2.52 bits per heavy atom. The van der Waals surface area contributed by atoms with Gasteiger partial charge in [0.05, 0.1) is 29.5 Å². The van der Waals surface area contributed by atoms with E-state index in [4.69, 9.17) is 4.74 Å². The first kappa shape index (κ1) is 34.8. The average molecular weight is 692 g/mol. The molecule has 0 bridgehead atoms. The monoisotopic (exact) mass is 691 g/mol. The van der Waals surface area contributed by atoms with Crippen molar-refractivity contribution >= 4 is 17.4 Å². The van der Waals surface area contributed by atoms with Crippen molar-refractivity contribution in [2.45, 2.75) is 141 Å². The predicted molar refractivity (Wildman–Crippen MR) is 187 cm³/mol. The molecule has 50 heavy (non-hydrogen) atoms. The number of allylic oxidation sites excluding steroid dienone is 1. The number of carbonyl (C=O) groups is 2. The number of ether oxygens (including phenoxy) is 1. The number of aliphatic hydroxyl groups excluding tert-OH is 2. The SMILES string of the molecule is CC(C)[C@@H](C)[C@H]1O[C@H]1[C@](C)(O)[C@@H]1CC[C@]2(O)C3=CC(=O)[C@H]4C[C@@H](O)[C@@H](O)[C@@H]5CC[C@@]3(CC[C@]12CCc1cc(O)cc(N2CCCC2=O)c1)[C@]45C. The molecule has 13 atom stereocenters. The van der Waals surface area contributed by atoms with Crippen LogP contribution in [-0.2, 0) is 20.7 Å². The molecule has 1 spiro atoms. The molecule has 274 valence electrons. The molecule has 6 fully saturated rings. The number of rotatable bonds is 8. The lowest BCUT2D eigenvalue weighted by atomic mass is 9.39. The number of phenols is 1. The fraction of sp³-hybridized carbons (Fsp3) is 0.756. The smallest absolute Gasteiger partial charge is 0.227 e. The fourth-order valence-electron chi connectivity index (χ4n) is 13.2. The zero-order valence-corrected chi connectivity index (χ0v) is 30.4. The third-order valence-corrected chi connectivity index (χ3v) is 16.1. The summed E-state index contributed by atoms with van der Waals surface area (Å²) in [5.41, 5.74) is -2.16. The fourth-order valence-corrected chi connectivity index (χ4v) is 13.2. The average Bonchev–Trinajstić information content (AvgIpc) is 3.53. The van der Waals surface area contributed by atoms with Crippen LogP contribution < -0.4 is 4.90 Å². The number of ketones is 1. The van der Waals surface area contributed by atoms with Gasteiger partial charge in [0.15, 0.2) is 5.78 Å². The topological polar surface area (TPSA) is 151 Å². The highest BCUT2D eigenvalue weighted by Gasteiger charge is 2.78. The number of aromatic hydroxyl groups is 1. The van der Waals surface area contributed by atoms with Crippen LogP contribution in [0.4, 0.5) is 5.69 Å². The number of anilines is 1. The van der Waals surface area contributed by atoms with E-state index >= 15 is 0 Å². The van der Waals surface area contributed by atoms with Gasteiger partial charge in [-0.2, -0.15) is 0 Å². The van der Waals surface area contributed by atoms with Gasteiger partial charge < -0.3 is 35.2 Å². The van der Waals surface area contributed by atoms with Crippen molar-refractivity contribution in [2.75, 3.05) is 11.4 Å². The van der Waals surface area contributed by atoms with Crippen LogP contribution in [0.1, 0.15) is 104 Å². The predicted octanol–water partition coefficient (Wildman–Crippen LogP) is 4.84. The molecule has 2 saturated heterocycles. The standard InChI is InChI=1S/C41H57NO8/c1-22(2)23(3)35-36(50-35)38(5,48)31-10-13-41(49)32-21-29(44)28-20-30(45)34(47)27-9-12-39(32,37(27,28)4)14-15-40(31,41)11-8-24-17-25(19-26(43)18-24)42-16-6-7-33(42)46/h17-19,21-23,27-28,30-31,34-36,43,45,47-49H,6-16,20H2,1-5H3/t23-,27+,28-,30-,31+,34+,35-,36-,37+,38-,39+,40-,41+/m1/s1. The molecule has 9 nitrogen and oxygen atoms in total. The Labute approximate surface area is 296 Å². The van der Waals surface area contributed by atoms with E-state index in [1.54, 1.807) is 23.1 Å². The summed E-state index contributed by atoms with van der Waals surface area (Å²) in [4.78, 5) is 28.5. The van der Waals surface area contributed by atoms with E-state index in [0.29, 0.717) is 63.1 Å². The number of hydrogen-bond donors (Lipinski definition) is 5. The van der Waals surface area contributed by atoms with Crippen LogP contribution >= 0.6 is 0 Å². The number of aryl methyl sites for hydroxylation is 1. The molecule has 2 aliphatic heterocycles.